The first-order valence-corrected chi connectivity index (χ1v) is 10.9. The summed E-state index contributed by atoms with van der Waals surface area (Å²) < 4.78 is 7.70. The molecule has 0 radical (unpaired) electrons. The van der Waals surface area contributed by atoms with Crippen LogP contribution in [0.4, 0.5) is 5.69 Å². The van der Waals surface area contributed by atoms with Crippen molar-refractivity contribution in [3.05, 3.63) is 52.9 Å². The first kappa shape index (κ1) is 19.2. The molecule has 0 spiro atoms. The fourth-order valence-electron chi connectivity index (χ4n) is 3.65. The van der Waals surface area contributed by atoms with Gasteiger partial charge in [-0.25, -0.2) is 0 Å². The lowest BCUT2D eigenvalue weighted by Crippen LogP contribution is -2.38. The number of anilines is 1. The van der Waals surface area contributed by atoms with Crippen molar-refractivity contribution in [2.75, 3.05) is 38.2 Å². The van der Waals surface area contributed by atoms with E-state index in [1.165, 1.54) is 15.8 Å². The summed E-state index contributed by atoms with van der Waals surface area (Å²) in [5.74, 6) is 0.0858. The van der Waals surface area contributed by atoms with E-state index in [1.54, 1.807) is 11.3 Å². The van der Waals surface area contributed by atoms with E-state index in [0.29, 0.717) is 6.42 Å². The lowest BCUT2D eigenvalue weighted by Gasteiger charge is -2.26. The second kappa shape index (κ2) is 9.37. The normalized spacial score (nSPS) is 15.1. The van der Waals surface area contributed by atoms with Gasteiger partial charge in [0.25, 0.3) is 0 Å². The summed E-state index contributed by atoms with van der Waals surface area (Å²) in [5.41, 5.74) is 2.09. The van der Waals surface area contributed by atoms with Crippen molar-refractivity contribution in [2.24, 2.45) is 0 Å². The van der Waals surface area contributed by atoms with Gasteiger partial charge in [0.2, 0.25) is 5.91 Å². The molecular weight excluding hydrogens is 370 g/mol. The number of thiophene rings is 1. The van der Waals surface area contributed by atoms with Crippen molar-refractivity contribution in [1.82, 2.24) is 9.47 Å². The SMILES string of the molecule is O=C(CCCc1cccs1)Nc1ccc2c(ccn2CCN2CCOCC2)c1. The lowest BCUT2D eigenvalue weighted by molar-refractivity contribution is -0.116. The highest BCUT2D eigenvalue weighted by molar-refractivity contribution is 7.09. The summed E-state index contributed by atoms with van der Waals surface area (Å²) >= 11 is 1.75. The zero-order valence-electron chi connectivity index (χ0n) is 16.1. The van der Waals surface area contributed by atoms with Crippen LogP contribution in [0.1, 0.15) is 17.7 Å². The molecule has 1 aliphatic heterocycles. The van der Waals surface area contributed by atoms with Gasteiger partial charge in [-0.1, -0.05) is 6.07 Å². The van der Waals surface area contributed by atoms with Crippen LogP contribution in [0.5, 0.6) is 0 Å². The molecule has 1 aliphatic rings. The molecule has 1 aromatic carbocycles. The number of aryl methyl sites for hydroxylation is 1. The number of amides is 1. The Balaban J connectivity index is 1.29. The van der Waals surface area contributed by atoms with Gasteiger partial charge < -0.3 is 14.6 Å². The predicted molar refractivity (Wildman–Crippen MR) is 115 cm³/mol. The van der Waals surface area contributed by atoms with E-state index in [1.807, 2.05) is 6.07 Å². The molecule has 148 valence electrons. The Bertz CT molecular complexity index is 898. The molecule has 28 heavy (non-hydrogen) atoms. The Labute approximate surface area is 169 Å². The molecule has 6 heteroatoms. The van der Waals surface area contributed by atoms with Crippen LogP contribution in [0, 0.1) is 0 Å². The molecule has 0 unspecified atom stereocenters. The Hall–Kier alpha value is -2.15. The average Bonchev–Trinajstić information content (AvgIpc) is 3.37. The standard InChI is InChI=1S/C22H27N3O2S/c26-22(5-1-3-20-4-2-16-28-20)23-19-6-7-21-18(17-19)8-9-25(21)11-10-24-12-14-27-15-13-24/h2,4,6-9,16-17H,1,3,5,10-15H2,(H,23,26). The van der Waals surface area contributed by atoms with Gasteiger partial charge >= 0.3 is 0 Å². The number of nitrogens with one attached hydrogen (secondary N) is 1. The minimum atomic E-state index is 0.0858. The third kappa shape index (κ3) is 5.01. The number of benzene rings is 1. The summed E-state index contributed by atoms with van der Waals surface area (Å²) in [6, 6.07) is 12.5. The van der Waals surface area contributed by atoms with Crippen LogP contribution in [0.2, 0.25) is 0 Å². The zero-order valence-corrected chi connectivity index (χ0v) is 16.9. The van der Waals surface area contributed by atoms with Gasteiger partial charge in [0, 0.05) is 60.3 Å². The first-order chi connectivity index (χ1) is 13.8. The molecule has 1 amide bonds. The molecule has 0 saturated carbocycles. The minimum Gasteiger partial charge on any atom is -0.379 e. The topological polar surface area (TPSA) is 46.5 Å². The summed E-state index contributed by atoms with van der Waals surface area (Å²) in [4.78, 5) is 16.0. The number of aromatic nitrogens is 1. The van der Waals surface area contributed by atoms with E-state index < -0.39 is 0 Å². The molecular formula is C22H27N3O2S. The van der Waals surface area contributed by atoms with E-state index in [2.05, 4.69) is 56.7 Å². The monoisotopic (exact) mass is 397 g/mol. The second-order valence-corrected chi connectivity index (χ2v) is 8.25. The van der Waals surface area contributed by atoms with Crippen molar-refractivity contribution in [1.29, 1.82) is 0 Å². The first-order valence-electron chi connectivity index (χ1n) is 9.99. The Morgan fingerprint density at radius 3 is 2.86 bits per heavy atom. The van der Waals surface area contributed by atoms with E-state index in [4.69, 9.17) is 4.74 Å². The van der Waals surface area contributed by atoms with Crippen LogP contribution in [0.3, 0.4) is 0 Å². The van der Waals surface area contributed by atoms with Gasteiger partial charge in [0.1, 0.15) is 0 Å². The van der Waals surface area contributed by atoms with Gasteiger partial charge in [-0.3, -0.25) is 9.69 Å². The number of hydrogen-bond donors (Lipinski definition) is 1. The van der Waals surface area contributed by atoms with Crippen LogP contribution in [0.15, 0.2) is 48.0 Å². The van der Waals surface area contributed by atoms with Gasteiger partial charge in [-0.2, -0.15) is 0 Å². The number of fused-ring (bicyclic) bond motifs is 1. The average molecular weight is 398 g/mol. The van der Waals surface area contributed by atoms with Crippen molar-refractivity contribution in [3.63, 3.8) is 0 Å². The van der Waals surface area contributed by atoms with Crippen LogP contribution in [-0.2, 0) is 22.5 Å². The highest BCUT2D eigenvalue weighted by Gasteiger charge is 2.11. The summed E-state index contributed by atoms with van der Waals surface area (Å²) in [6.45, 7) is 5.71. The quantitative estimate of drug-likeness (QED) is 0.625. The fourth-order valence-corrected chi connectivity index (χ4v) is 4.40. The molecule has 1 saturated heterocycles. The Morgan fingerprint density at radius 2 is 2.04 bits per heavy atom. The molecule has 0 atom stereocenters. The molecule has 2 aromatic heterocycles. The number of carbonyl (C=O) groups is 1. The van der Waals surface area contributed by atoms with Crippen LogP contribution in [0.25, 0.3) is 10.9 Å². The van der Waals surface area contributed by atoms with Crippen molar-refractivity contribution < 1.29 is 9.53 Å². The number of carbonyl (C=O) groups excluding carboxylic acids is 1. The van der Waals surface area contributed by atoms with Crippen molar-refractivity contribution >= 4 is 33.8 Å². The number of hydrogen-bond acceptors (Lipinski definition) is 4. The smallest absolute Gasteiger partial charge is 0.224 e. The van der Waals surface area contributed by atoms with Crippen LogP contribution in [-0.4, -0.2) is 48.2 Å². The summed E-state index contributed by atoms with van der Waals surface area (Å²) in [7, 11) is 0. The molecule has 5 nitrogen and oxygen atoms in total. The Morgan fingerprint density at radius 1 is 1.14 bits per heavy atom. The third-order valence-electron chi connectivity index (χ3n) is 5.22. The largest absolute Gasteiger partial charge is 0.379 e. The van der Waals surface area contributed by atoms with E-state index >= 15 is 0 Å². The highest BCUT2D eigenvalue weighted by Crippen LogP contribution is 2.21. The highest BCUT2D eigenvalue weighted by atomic mass is 32.1. The van der Waals surface area contributed by atoms with Crippen LogP contribution >= 0.6 is 11.3 Å². The minimum absolute atomic E-state index is 0.0858. The molecule has 1 fully saturated rings. The lowest BCUT2D eigenvalue weighted by atomic mass is 10.2. The molecule has 4 rings (SSSR count). The number of ether oxygens (including phenoxy) is 1. The maximum absolute atomic E-state index is 12.2. The predicted octanol–water partition coefficient (Wildman–Crippen LogP) is 4.00. The van der Waals surface area contributed by atoms with Gasteiger partial charge in [-0.15, -0.1) is 11.3 Å². The van der Waals surface area contributed by atoms with Gasteiger partial charge in [0.15, 0.2) is 0 Å². The molecule has 3 heterocycles. The molecule has 3 aromatic rings. The Kier molecular flexibility index (Phi) is 6.41. The third-order valence-corrected chi connectivity index (χ3v) is 6.16. The summed E-state index contributed by atoms with van der Waals surface area (Å²) in [6.07, 6.45) is 4.54. The second-order valence-electron chi connectivity index (χ2n) is 7.22. The van der Waals surface area contributed by atoms with Gasteiger partial charge in [0.05, 0.1) is 13.2 Å². The van der Waals surface area contributed by atoms with Crippen LogP contribution < -0.4 is 5.32 Å². The molecule has 0 aliphatic carbocycles. The number of rotatable bonds is 8. The zero-order chi connectivity index (χ0) is 19.2. The summed E-state index contributed by atoms with van der Waals surface area (Å²) in [5, 5.41) is 6.29. The maximum Gasteiger partial charge on any atom is 0.224 e. The number of nitrogens with zero attached hydrogens (tertiary/aromatic N) is 2. The number of morpholine rings is 1. The fraction of sp³-hybridized carbons (Fsp3) is 0.409. The maximum atomic E-state index is 12.2. The molecule has 0 bridgehead atoms. The van der Waals surface area contributed by atoms with Crippen molar-refractivity contribution in [3.8, 4) is 0 Å². The van der Waals surface area contributed by atoms with E-state index in [9.17, 15) is 4.79 Å². The molecule has 1 N–H and O–H groups in total. The van der Waals surface area contributed by atoms with Crippen molar-refractivity contribution in [2.45, 2.75) is 25.8 Å². The van der Waals surface area contributed by atoms with E-state index in [-0.39, 0.29) is 5.91 Å². The van der Waals surface area contributed by atoms with Gasteiger partial charge in [-0.05, 0) is 48.6 Å². The van der Waals surface area contributed by atoms with E-state index in [0.717, 1.165) is 57.9 Å².